The number of hydrazine groups is 1. The monoisotopic (exact) mass is 288 g/mol. The standard InChI is InChI=1S/C14H20N6O/c1-4-20(3)13(21)9(2)16-12-10-7-5-6-8-11(10)17-14(18-12)19-15/h5-9H,4,15H2,1-3H3,(H2,16,17,18,19). The third-order valence-corrected chi connectivity index (χ3v) is 3.31. The largest absolute Gasteiger partial charge is 0.358 e. The summed E-state index contributed by atoms with van der Waals surface area (Å²) in [5.41, 5.74) is 3.19. The van der Waals surface area contributed by atoms with E-state index in [-0.39, 0.29) is 11.9 Å². The summed E-state index contributed by atoms with van der Waals surface area (Å²) in [5.74, 6) is 6.28. The zero-order valence-electron chi connectivity index (χ0n) is 12.4. The van der Waals surface area contributed by atoms with E-state index >= 15 is 0 Å². The van der Waals surface area contributed by atoms with E-state index in [1.807, 2.05) is 31.2 Å². The van der Waals surface area contributed by atoms with Gasteiger partial charge in [0.15, 0.2) is 0 Å². The Hall–Kier alpha value is -2.41. The summed E-state index contributed by atoms with van der Waals surface area (Å²) in [7, 11) is 1.77. The topological polar surface area (TPSA) is 96.2 Å². The Kier molecular flexibility index (Phi) is 4.54. The van der Waals surface area contributed by atoms with Gasteiger partial charge in [-0.1, -0.05) is 12.1 Å². The number of amides is 1. The highest BCUT2D eigenvalue weighted by Gasteiger charge is 2.18. The number of hydrogen-bond acceptors (Lipinski definition) is 6. The zero-order valence-corrected chi connectivity index (χ0v) is 12.4. The van der Waals surface area contributed by atoms with Gasteiger partial charge in [0, 0.05) is 19.0 Å². The molecule has 7 nitrogen and oxygen atoms in total. The first-order valence-electron chi connectivity index (χ1n) is 6.81. The number of nitrogens with one attached hydrogen (secondary N) is 2. The van der Waals surface area contributed by atoms with Crippen LogP contribution in [0.15, 0.2) is 24.3 Å². The molecule has 0 aliphatic heterocycles. The molecular formula is C14H20N6O. The maximum Gasteiger partial charge on any atom is 0.244 e. The fraction of sp³-hybridized carbons (Fsp3) is 0.357. The molecule has 0 saturated carbocycles. The third-order valence-electron chi connectivity index (χ3n) is 3.31. The van der Waals surface area contributed by atoms with Crippen LogP contribution in [-0.2, 0) is 4.79 Å². The van der Waals surface area contributed by atoms with Gasteiger partial charge in [0.05, 0.1) is 5.52 Å². The molecule has 0 bridgehead atoms. The van der Waals surface area contributed by atoms with Crippen LogP contribution < -0.4 is 16.6 Å². The molecule has 7 heteroatoms. The SMILES string of the molecule is CCN(C)C(=O)C(C)Nc1nc(NN)nc2ccccc12. The molecule has 0 radical (unpaired) electrons. The average Bonchev–Trinajstić information content (AvgIpc) is 2.52. The maximum atomic E-state index is 12.1. The first-order valence-corrected chi connectivity index (χ1v) is 6.81. The summed E-state index contributed by atoms with van der Waals surface area (Å²) in [6.45, 7) is 4.40. The van der Waals surface area contributed by atoms with Crippen molar-refractivity contribution >= 4 is 28.6 Å². The van der Waals surface area contributed by atoms with Gasteiger partial charge in [-0.3, -0.25) is 10.2 Å². The normalized spacial score (nSPS) is 12.0. The van der Waals surface area contributed by atoms with Crippen molar-refractivity contribution in [1.82, 2.24) is 14.9 Å². The Morgan fingerprint density at radius 1 is 1.38 bits per heavy atom. The quantitative estimate of drug-likeness (QED) is 0.565. The summed E-state index contributed by atoms with van der Waals surface area (Å²) in [5, 5.41) is 3.98. The molecule has 21 heavy (non-hydrogen) atoms. The minimum atomic E-state index is -0.390. The van der Waals surface area contributed by atoms with Gasteiger partial charge in [-0.2, -0.15) is 4.98 Å². The molecule has 1 aromatic heterocycles. The fourth-order valence-electron chi connectivity index (χ4n) is 2.00. The third kappa shape index (κ3) is 3.19. The van der Waals surface area contributed by atoms with Gasteiger partial charge in [0.2, 0.25) is 11.9 Å². The molecule has 0 saturated heterocycles. The molecule has 1 heterocycles. The molecule has 0 spiro atoms. The van der Waals surface area contributed by atoms with Crippen molar-refractivity contribution in [3.8, 4) is 0 Å². The van der Waals surface area contributed by atoms with E-state index in [0.717, 1.165) is 10.9 Å². The Morgan fingerprint density at radius 3 is 2.76 bits per heavy atom. The lowest BCUT2D eigenvalue weighted by Gasteiger charge is -2.21. The van der Waals surface area contributed by atoms with Crippen molar-refractivity contribution in [1.29, 1.82) is 0 Å². The van der Waals surface area contributed by atoms with E-state index in [2.05, 4.69) is 20.7 Å². The minimum Gasteiger partial charge on any atom is -0.358 e. The predicted molar refractivity (Wildman–Crippen MR) is 83.7 cm³/mol. The Balaban J connectivity index is 2.35. The summed E-state index contributed by atoms with van der Waals surface area (Å²) in [4.78, 5) is 22.4. The highest BCUT2D eigenvalue weighted by Crippen LogP contribution is 2.22. The molecule has 2 rings (SSSR count). The van der Waals surface area contributed by atoms with Crippen molar-refractivity contribution in [2.45, 2.75) is 19.9 Å². The number of hydrogen-bond donors (Lipinski definition) is 3. The number of benzene rings is 1. The van der Waals surface area contributed by atoms with Gasteiger partial charge in [-0.25, -0.2) is 10.8 Å². The van der Waals surface area contributed by atoms with Crippen LogP contribution in [-0.4, -0.2) is 40.4 Å². The number of para-hydroxylation sites is 1. The van der Waals surface area contributed by atoms with Crippen molar-refractivity contribution in [2.75, 3.05) is 24.3 Å². The number of carbonyl (C=O) groups is 1. The van der Waals surface area contributed by atoms with Crippen LogP contribution in [0.1, 0.15) is 13.8 Å². The molecule has 1 amide bonds. The van der Waals surface area contributed by atoms with Crippen LogP contribution in [0.25, 0.3) is 10.9 Å². The van der Waals surface area contributed by atoms with Crippen LogP contribution >= 0.6 is 0 Å². The van der Waals surface area contributed by atoms with Crippen molar-refractivity contribution in [2.24, 2.45) is 5.84 Å². The van der Waals surface area contributed by atoms with E-state index in [1.165, 1.54) is 0 Å². The van der Waals surface area contributed by atoms with Crippen molar-refractivity contribution < 1.29 is 4.79 Å². The second-order valence-electron chi connectivity index (χ2n) is 4.78. The number of aromatic nitrogens is 2. The van der Waals surface area contributed by atoms with Crippen LogP contribution in [0.5, 0.6) is 0 Å². The Morgan fingerprint density at radius 2 is 2.10 bits per heavy atom. The average molecular weight is 288 g/mol. The van der Waals surface area contributed by atoms with Gasteiger partial charge in [0.1, 0.15) is 11.9 Å². The van der Waals surface area contributed by atoms with Crippen molar-refractivity contribution in [3.05, 3.63) is 24.3 Å². The molecule has 0 fully saturated rings. The smallest absolute Gasteiger partial charge is 0.244 e. The van der Waals surface area contributed by atoms with Gasteiger partial charge in [0.25, 0.3) is 0 Å². The molecule has 2 aromatic rings. The number of rotatable bonds is 5. The number of likely N-dealkylation sites (N-methyl/N-ethyl adjacent to an activating group) is 1. The molecule has 1 atom stereocenters. The maximum absolute atomic E-state index is 12.1. The van der Waals surface area contributed by atoms with Gasteiger partial charge in [-0.15, -0.1) is 0 Å². The van der Waals surface area contributed by atoms with E-state index < -0.39 is 0 Å². The number of nitrogens with two attached hydrogens (primary N) is 1. The Bertz CT molecular complexity index is 644. The fourth-order valence-corrected chi connectivity index (χ4v) is 2.00. The van der Waals surface area contributed by atoms with Crippen LogP contribution in [0.4, 0.5) is 11.8 Å². The molecule has 4 N–H and O–H groups in total. The van der Waals surface area contributed by atoms with Crippen LogP contribution in [0, 0.1) is 0 Å². The van der Waals surface area contributed by atoms with Gasteiger partial charge < -0.3 is 10.2 Å². The number of nitrogen functional groups attached to an aromatic ring is 1. The second kappa shape index (κ2) is 6.36. The lowest BCUT2D eigenvalue weighted by Crippen LogP contribution is -2.39. The molecule has 112 valence electrons. The Labute approximate surface area is 123 Å². The number of carbonyl (C=O) groups excluding carboxylic acids is 1. The van der Waals surface area contributed by atoms with E-state index in [4.69, 9.17) is 5.84 Å². The van der Waals surface area contributed by atoms with Crippen molar-refractivity contribution in [3.63, 3.8) is 0 Å². The molecule has 1 aromatic carbocycles. The molecule has 0 aliphatic carbocycles. The molecule has 1 unspecified atom stereocenters. The lowest BCUT2D eigenvalue weighted by atomic mass is 10.2. The summed E-state index contributed by atoms with van der Waals surface area (Å²) >= 11 is 0. The highest BCUT2D eigenvalue weighted by molar-refractivity contribution is 5.92. The lowest BCUT2D eigenvalue weighted by molar-refractivity contribution is -0.130. The number of fused-ring (bicyclic) bond motifs is 1. The summed E-state index contributed by atoms with van der Waals surface area (Å²) < 4.78 is 0. The molecular weight excluding hydrogens is 268 g/mol. The van der Waals surface area contributed by atoms with Crippen LogP contribution in [0.2, 0.25) is 0 Å². The second-order valence-corrected chi connectivity index (χ2v) is 4.78. The zero-order chi connectivity index (χ0) is 15.4. The molecule has 0 aliphatic rings. The first kappa shape index (κ1) is 15.0. The van der Waals surface area contributed by atoms with E-state index in [9.17, 15) is 4.79 Å². The van der Waals surface area contributed by atoms with Gasteiger partial charge in [-0.05, 0) is 26.0 Å². The summed E-state index contributed by atoms with van der Waals surface area (Å²) in [6.07, 6.45) is 0. The summed E-state index contributed by atoms with van der Waals surface area (Å²) in [6, 6.07) is 7.17. The van der Waals surface area contributed by atoms with Gasteiger partial charge >= 0.3 is 0 Å². The van der Waals surface area contributed by atoms with E-state index in [0.29, 0.717) is 18.3 Å². The number of nitrogens with zero attached hydrogens (tertiary/aromatic N) is 3. The first-order chi connectivity index (χ1) is 10.1. The number of anilines is 2. The highest BCUT2D eigenvalue weighted by atomic mass is 16.2. The minimum absolute atomic E-state index is 0.00227. The van der Waals surface area contributed by atoms with Crippen LogP contribution in [0.3, 0.4) is 0 Å². The van der Waals surface area contributed by atoms with E-state index in [1.54, 1.807) is 18.9 Å². The predicted octanol–water partition coefficient (Wildman–Crippen LogP) is 1.19.